The number of aromatic nitrogens is 1. The third-order valence-electron chi connectivity index (χ3n) is 6.60. The molecule has 8 heteroatoms. The number of nitrogens with one attached hydrogen (secondary N) is 3. The number of carbonyl (C=O) groups is 3. The molecule has 3 N–H and O–H groups in total. The highest BCUT2D eigenvalue weighted by Gasteiger charge is 2.40. The van der Waals surface area contributed by atoms with Gasteiger partial charge in [0.05, 0.1) is 0 Å². The van der Waals surface area contributed by atoms with Gasteiger partial charge < -0.3 is 15.5 Å². The molecule has 1 atom stereocenters. The topological polar surface area (TPSA) is 103 Å². The normalized spacial score (nSPS) is 22.1. The lowest BCUT2D eigenvalue weighted by Gasteiger charge is -2.43. The van der Waals surface area contributed by atoms with Crippen LogP contribution in [-0.4, -0.2) is 53.3 Å². The van der Waals surface area contributed by atoms with Crippen molar-refractivity contribution >= 4 is 17.7 Å². The first-order valence-corrected chi connectivity index (χ1v) is 10.6. The van der Waals surface area contributed by atoms with Gasteiger partial charge in [0.1, 0.15) is 6.04 Å². The predicted octanol–water partition coefficient (Wildman–Crippen LogP) is 0.473. The summed E-state index contributed by atoms with van der Waals surface area (Å²) >= 11 is 0. The van der Waals surface area contributed by atoms with E-state index in [0.29, 0.717) is 25.1 Å². The zero-order valence-electron chi connectivity index (χ0n) is 17.2. The number of piperidine rings is 1. The zero-order chi connectivity index (χ0) is 21.4. The van der Waals surface area contributed by atoms with Gasteiger partial charge in [-0.2, -0.15) is 0 Å². The van der Waals surface area contributed by atoms with E-state index in [1.54, 1.807) is 4.90 Å². The molecule has 0 bridgehead atoms. The van der Waals surface area contributed by atoms with Gasteiger partial charge in [0, 0.05) is 62.5 Å². The van der Waals surface area contributed by atoms with Crippen LogP contribution in [0.15, 0.2) is 42.7 Å². The van der Waals surface area contributed by atoms with Gasteiger partial charge in [0.25, 0.3) is 5.91 Å². The average molecular weight is 419 g/mol. The maximum absolute atomic E-state index is 13.0. The van der Waals surface area contributed by atoms with Crippen LogP contribution in [0.25, 0.3) is 0 Å². The van der Waals surface area contributed by atoms with Gasteiger partial charge in [0.2, 0.25) is 11.8 Å². The Balaban J connectivity index is 1.24. The standard InChI is InChI=1S/C23H25N5O3/c29-20-4-3-19(21(30)27-20)28-11-16-2-1-15(9-18(16)22(28)31)10-25-12-23(13-26-14-23)17-5-7-24-8-6-17/h1-2,5-9,19,25-26H,3-4,10-14H2,(H,27,29,30). The van der Waals surface area contributed by atoms with Gasteiger partial charge in [-0.25, -0.2) is 0 Å². The van der Waals surface area contributed by atoms with Crippen molar-refractivity contribution in [3.63, 3.8) is 0 Å². The minimum Gasteiger partial charge on any atom is -0.322 e. The van der Waals surface area contributed by atoms with E-state index in [1.807, 2.05) is 30.6 Å². The Bertz CT molecular complexity index is 1030. The molecule has 31 heavy (non-hydrogen) atoms. The molecule has 3 aliphatic heterocycles. The van der Waals surface area contributed by atoms with E-state index in [4.69, 9.17) is 0 Å². The average Bonchev–Trinajstić information content (AvgIpc) is 3.06. The molecule has 0 aliphatic carbocycles. The molecule has 5 rings (SSSR count). The monoisotopic (exact) mass is 419 g/mol. The first-order valence-electron chi connectivity index (χ1n) is 10.6. The summed E-state index contributed by atoms with van der Waals surface area (Å²) in [5, 5.41) is 9.26. The lowest BCUT2D eigenvalue weighted by atomic mass is 9.75. The molecular formula is C23H25N5O3. The van der Waals surface area contributed by atoms with Gasteiger partial charge in [-0.3, -0.25) is 24.7 Å². The Morgan fingerprint density at radius 1 is 1.13 bits per heavy atom. The molecule has 2 saturated heterocycles. The van der Waals surface area contributed by atoms with Crippen molar-refractivity contribution < 1.29 is 14.4 Å². The van der Waals surface area contributed by atoms with E-state index in [2.05, 4.69) is 33.1 Å². The smallest absolute Gasteiger partial charge is 0.255 e. The molecule has 3 aliphatic rings. The van der Waals surface area contributed by atoms with E-state index in [1.165, 1.54) is 5.56 Å². The van der Waals surface area contributed by atoms with Gasteiger partial charge in [-0.05, 0) is 41.3 Å². The van der Waals surface area contributed by atoms with Crippen molar-refractivity contribution in [3.8, 4) is 0 Å². The molecule has 1 aromatic heterocycles. The highest BCUT2D eigenvalue weighted by Crippen LogP contribution is 2.29. The molecule has 160 valence electrons. The van der Waals surface area contributed by atoms with E-state index >= 15 is 0 Å². The van der Waals surface area contributed by atoms with Crippen molar-refractivity contribution in [1.82, 2.24) is 25.8 Å². The first-order chi connectivity index (χ1) is 15.1. The fourth-order valence-electron chi connectivity index (χ4n) is 4.72. The second-order valence-electron chi connectivity index (χ2n) is 8.61. The van der Waals surface area contributed by atoms with E-state index in [-0.39, 0.29) is 29.6 Å². The van der Waals surface area contributed by atoms with Gasteiger partial charge in [0.15, 0.2) is 0 Å². The second-order valence-corrected chi connectivity index (χ2v) is 8.61. The molecule has 3 amide bonds. The van der Waals surface area contributed by atoms with Crippen LogP contribution in [0.1, 0.15) is 39.9 Å². The minimum absolute atomic E-state index is 0.0675. The summed E-state index contributed by atoms with van der Waals surface area (Å²) < 4.78 is 0. The number of pyridine rings is 1. The van der Waals surface area contributed by atoms with E-state index in [0.717, 1.165) is 30.8 Å². The second kappa shape index (κ2) is 7.86. The Hall–Kier alpha value is -3.10. The fraction of sp³-hybridized carbons (Fsp3) is 0.391. The molecule has 2 aromatic rings. The van der Waals surface area contributed by atoms with E-state index in [9.17, 15) is 14.4 Å². The lowest BCUT2D eigenvalue weighted by molar-refractivity contribution is -0.136. The van der Waals surface area contributed by atoms with Crippen LogP contribution >= 0.6 is 0 Å². The van der Waals surface area contributed by atoms with Crippen LogP contribution < -0.4 is 16.0 Å². The fourth-order valence-corrected chi connectivity index (χ4v) is 4.72. The maximum Gasteiger partial charge on any atom is 0.255 e. The summed E-state index contributed by atoms with van der Waals surface area (Å²) in [5.41, 5.74) is 3.96. The molecule has 0 spiro atoms. The number of benzene rings is 1. The Labute approximate surface area is 180 Å². The summed E-state index contributed by atoms with van der Waals surface area (Å²) in [5.74, 6) is -0.789. The predicted molar refractivity (Wildman–Crippen MR) is 113 cm³/mol. The lowest BCUT2D eigenvalue weighted by Crippen LogP contribution is -2.61. The van der Waals surface area contributed by atoms with Crippen LogP contribution in [-0.2, 0) is 28.1 Å². The van der Waals surface area contributed by atoms with Crippen molar-refractivity contribution in [2.75, 3.05) is 19.6 Å². The summed E-state index contributed by atoms with van der Waals surface area (Å²) in [6, 6.07) is 9.49. The van der Waals surface area contributed by atoms with Crippen molar-refractivity contribution in [2.24, 2.45) is 0 Å². The van der Waals surface area contributed by atoms with Crippen molar-refractivity contribution in [3.05, 3.63) is 65.0 Å². The molecule has 4 heterocycles. The van der Waals surface area contributed by atoms with Crippen LogP contribution in [0.3, 0.4) is 0 Å². The van der Waals surface area contributed by atoms with Gasteiger partial charge in [-0.1, -0.05) is 12.1 Å². The van der Waals surface area contributed by atoms with Gasteiger partial charge >= 0.3 is 0 Å². The number of imide groups is 1. The number of hydrogen-bond donors (Lipinski definition) is 3. The molecule has 1 unspecified atom stereocenters. The molecular weight excluding hydrogens is 394 g/mol. The van der Waals surface area contributed by atoms with Crippen molar-refractivity contribution in [2.45, 2.75) is 37.4 Å². The Morgan fingerprint density at radius 2 is 1.94 bits per heavy atom. The highest BCUT2D eigenvalue weighted by molar-refractivity contribution is 6.05. The summed E-state index contributed by atoms with van der Waals surface area (Å²) in [4.78, 5) is 42.3. The Morgan fingerprint density at radius 3 is 2.65 bits per heavy atom. The van der Waals surface area contributed by atoms with Crippen LogP contribution in [0.2, 0.25) is 0 Å². The van der Waals surface area contributed by atoms with Crippen LogP contribution in [0, 0.1) is 0 Å². The van der Waals surface area contributed by atoms with Gasteiger partial charge in [-0.15, -0.1) is 0 Å². The number of fused-ring (bicyclic) bond motifs is 1. The number of carbonyl (C=O) groups excluding carboxylic acids is 3. The minimum atomic E-state index is -0.578. The number of hydrogen-bond acceptors (Lipinski definition) is 6. The number of nitrogens with zero attached hydrogens (tertiary/aromatic N) is 2. The van der Waals surface area contributed by atoms with Crippen LogP contribution in [0.5, 0.6) is 0 Å². The van der Waals surface area contributed by atoms with E-state index < -0.39 is 6.04 Å². The Kier molecular flexibility index (Phi) is 5.03. The number of rotatable bonds is 6. The summed E-state index contributed by atoms with van der Waals surface area (Å²) in [6.07, 6.45) is 4.30. The third-order valence-corrected chi connectivity index (χ3v) is 6.60. The molecule has 0 saturated carbocycles. The third kappa shape index (κ3) is 3.62. The zero-order valence-corrected chi connectivity index (χ0v) is 17.2. The highest BCUT2D eigenvalue weighted by atomic mass is 16.2. The molecule has 2 fully saturated rings. The first kappa shape index (κ1) is 19.8. The SMILES string of the molecule is O=C1CCC(N2Cc3ccc(CNCC4(c5ccncc5)CNC4)cc3C2=O)C(=O)N1. The summed E-state index contributed by atoms with van der Waals surface area (Å²) in [6.45, 7) is 3.75. The maximum atomic E-state index is 13.0. The van der Waals surface area contributed by atoms with Crippen molar-refractivity contribution in [1.29, 1.82) is 0 Å². The van der Waals surface area contributed by atoms with Crippen LogP contribution in [0.4, 0.5) is 0 Å². The molecule has 1 aromatic carbocycles. The summed E-state index contributed by atoms with van der Waals surface area (Å²) in [7, 11) is 0. The largest absolute Gasteiger partial charge is 0.322 e. The molecule has 8 nitrogen and oxygen atoms in total. The number of amides is 3. The quantitative estimate of drug-likeness (QED) is 0.589. The molecule has 0 radical (unpaired) electrons.